The Labute approximate surface area is 178 Å². The maximum Gasteiger partial charge on any atom is 0.416 e. The highest BCUT2D eigenvalue weighted by Crippen LogP contribution is 2.31. The molecule has 2 aliphatic rings. The van der Waals surface area contributed by atoms with Crippen LogP contribution in [-0.2, 0) is 32.0 Å². The van der Waals surface area contributed by atoms with E-state index in [1.807, 2.05) is 13.0 Å². The van der Waals surface area contributed by atoms with Crippen molar-refractivity contribution in [1.29, 1.82) is 0 Å². The third-order valence-corrected chi connectivity index (χ3v) is 5.98. The summed E-state index contributed by atoms with van der Waals surface area (Å²) in [6.07, 6.45) is 3.33. The molecule has 1 heterocycles. The van der Waals surface area contributed by atoms with Crippen molar-refractivity contribution in [3.05, 3.63) is 80.7 Å². The second-order valence-corrected chi connectivity index (χ2v) is 8.37. The van der Waals surface area contributed by atoms with E-state index in [-0.39, 0.29) is 30.2 Å². The Morgan fingerprint density at radius 2 is 2.00 bits per heavy atom. The first-order valence-corrected chi connectivity index (χ1v) is 10.6. The van der Waals surface area contributed by atoms with Crippen LogP contribution in [0.25, 0.3) is 5.57 Å². The number of rotatable bonds is 4. The summed E-state index contributed by atoms with van der Waals surface area (Å²) in [5, 5.41) is 10.6. The highest BCUT2D eigenvalue weighted by molar-refractivity contribution is 5.73. The zero-order valence-corrected chi connectivity index (χ0v) is 17.4. The number of aliphatic hydroxyl groups is 1. The third-order valence-electron chi connectivity index (χ3n) is 5.98. The molecule has 7 heteroatoms. The number of halogens is 3. The standard InChI is InChI=1S/C24H25F3N2O2/c1-15-9-10-19(21(30)13-15)22-28-20-8-3-2-7-18(20)23(31)29(22)12-11-16-5-4-6-17(14-16)24(25,26)27/h4-6,9-10,14-15,30H,2-3,7-8,11-13H2,1H3. The lowest BCUT2D eigenvalue weighted by atomic mass is 9.94. The zero-order chi connectivity index (χ0) is 22.2. The minimum absolute atomic E-state index is 0.154. The Morgan fingerprint density at radius 1 is 1.23 bits per heavy atom. The van der Waals surface area contributed by atoms with Gasteiger partial charge in [0.05, 0.1) is 16.8 Å². The fraction of sp³-hybridized carbons (Fsp3) is 0.417. The summed E-state index contributed by atoms with van der Waals surface area (Å²) in [7, 11) is 0. The summed E-state index contributed by atoms with van der Waals surface area (Å²) in [5.74, 6) is 0.774. The molecular weight excluding hydrogens is 405 g/mol. The van der Waals surface area contributed by atoms with E-state index in [1.165, 1.54) is 10.6 Å². The van der Waals surface area contributed by atoms with Crippen LogP contribution in [0.5, 0.6) is 0 Å². The number of fused-ring (bicyclic) bond motifs is 1. The molecule has 0 fully saturated rings. The minimum atomic E-state index is -4.41. The number of hydrogen-bond donors (Lipinski definition) is 1. The summed E-state index contributed by atoms with van der Waals surface area (Å²) in [6, 6.07) is 5.17. The van der Waals surface area contributed by atoms with Gasteiger partial charge in [-0.25, -0.2) is 4.98 Å². The van der Waals surface area contributed by atoms with Crippen molar-refractivity contribution in [3.8, 4) is 0 Å². The fourth-order valence-corrected chi connectivity index (χ4v) is 4.29. The maximum atomic E-state index is 13.3. The van der Waals surface area contributed by atoms with Crippen molar-refractivity contribution >= 4 is 5.57 Å². The van der Waals surface area contributed by atoms with Crippen molar-refractivity contribution in [2.45, 2.75) is 58.2 Å². The first-order chi connectivity index (χ1) is 14.7. The molecule has 4 rings (SSSR count). The highest BCUT2D eigenvalue weighted by atomic mass is 19.4. The maximum absolute atomic E-state index is 13.3. The Morgan fingerprint density at radius 3 is 2.74 bits per heavy atom. The number of aryl methyl sites for hydroxylation is 2. The minimum Gasteiger partial charge on any atom is -0.512 e. The molecule has 1 N–H and O–H groups in total. The molecule has 0 spiro atoms. The number of benzene rings is 1. The van der Waals surface area contributed by atoms with Gasteiger partial charge in [0.15, 0.2) is 0 Å². The first-order valence-electron chi connectivity index (χ1n) is 10.6. The van der Waals surface area contributed by atoms with Crippen molar-refractivity contribution in [2.24, 2.45) is 5.92 Å². The zero-order valence-electron chi connectivity index (χ0n) is 17.4. The van der Waals surface area contributed by atoms with Crippen molar-refractivity contribution in [1.82, 2.24) is 9.55 Å². The lowest BCUT2D eigenvalue weighted by molar-refractivity contribution is -0.137. The van der Waals surface area contributed by atoms with Gasteiger partial charge in [0.25, 0.3) is 5.56 Å². The predicted molar refractivity (Wildman–Crippen MR) is 113 cm³/mol. The molecule has 0 radical (unpaired) electrons. The summed E-state index contributed by atoms with van der Waals surface area (Å²) in [5.41, 5.74) is 1.62. The normalized spacial score (nSPS) is 18.9. The van der Waals surface area contributed by atoms with E-state index < -0.39 is 11.7 Å². The second-order valence-electron chi connectivity index (χ2n) is 8.37. The van der Waals surface area contributed by atoms with Crippen LogP contribution in [0.4, 0.5) is 13.2 Å². The quantitative estimate of drug-likeness (QED) is 0.721. The topological polar surface area (TPSA) is 55.1 Å². The van der Waals surface area contributed by atoms with Crippen molar-refractivity contribution < 1.29 is 18.3 Å². The van der Waals surface area contributed by atoms with Gasteiger partial charge in [-0.05, 0) is 49.7 Å². The Kier molecular flexibility index (Phi) is 5.77. The highest BCUT2D eigenvalue weighted by Gasteiger charge is 2.30. The van der Waals surface area contributed by atoms with Crippen LogP contribution < -0.4 is 5.56 Å². The monoisotopic (exact) mass is 430 g/mol. The molecule has 0 bridgehead atoms. The van der Waals surface area contributed by atoms with Gasteiger partial charge >= 0.3 is 6.18 Å². The Hall–Kier alpha value is -2.83. The van der Waals surface area contributed by atoms with E-state index in [0.717, 1.165) is 37.1 Å². The molecule has 1 atom stereocenters. The van der Waals surface area contributed by atoms with Gasteiger partial charge in [-0.3, -0.25) is 9.36 Å². The molecule has 2 aliphatic carbocycles. The largest absolute Gasteiger partial charge is 0.512 e. The molecule has 4 nitrogen and oxygen atoms in total. The first kappa shape index (κ1) is 21.4. The predicted octanol–water partition coefficient (Wildman–Crippen LogP) is 5.25. The molecule has 1 aromatic carbocycles. The van der Waals surface area contributed by atoms with Crippen LogP contribution >= 0.6 is 0 Å². The molecule has 0 amide bonds. The van der Waals surface area contributed by atoms with E-state index in [1.54, 1.807) is 12.1 Å². The molecule has 1 unspecified atom stereocenters. The molecule has 0 saturated carbocycles. The summed E-state index contributed by atoms with van der Waals surface area (Å²) in [6.45, 7) is 2.18. The fourth-order valence-electron chi connectivity index (χ4n) is 4.29. The van der Waals surface area contributed by atoms with Crippen LogP contribution in [0.2, 0.25) is 0 Å². The molecule has 1 aromatic heterocycles. The van der Waals surface area contributed by atoms with Gasteiger partial charge in [-0.15, -0.1) is 0 Å². The number of nitrogens with zero attached hydrogens (tertiary/aromatic N) is 2. The van der Waals surface area contributed by atoms with Gasteiger partial charge in [-0.1, -0.05) is 37.3 Å². The van der Waals surface area contributed by atoms with Gasteiger partial charge in [0.1, 0.15) is 11.6 Å². The average Bonchev–Trinajstić information content (AvgIpc) is 2.73. The van der Waals surface area contributed by atoms with Crippen LogP contribution in [0.1, 0.15) is 54.4 Å². The summed E-state index contributed by atoms with van der Waals surface area (Å²) in [4.78, 5) is 18.1. The third kappa shape index (κ3) is 4.45. The lowest BCUT2D eigenvalue weighted by Crippen LogP contribution is -2.32. The van der Waals surface area contributed by atoms with E-state index in [0.29, 0.717) is 35.4 Å². The molecule has 0 saturated heterocycles. The van der Waals surface area contributed by atoms with Gasteiger partial charge in [-0.2, -0.15) is 13.2 Å². The molecule has 2 aromatic rings. The Bertz CT molecular complexity index is 1110. The van der Waals surface area contributed by atoms with Crippen LogP contribution in [0, 0.1) is 5.92 Å². The summed E-state index contributed by atoms with van der Waals surface area (Å²) >= 11 is 0. The van der Waals surface area contributed by atoms with Gasteiger partial charge in [0.2, 0.25) is 0 Å². The molecule has 31 heavy (non-hydrogen) atoms. The number of hydrogen-bond acceptors (Lipinski definition) is 3. The second kappa shape index (κ2) is 8.36. The number of allylic oxidation sites excluding steroid dienone is 4. The van der Waals surface area contributed by atoms with Crippen molar-refractivity contribution in [2.75, 3.05) is 0 Å². The van der Waals surface area contributed by atoms with Crippen molar-refractivity contribution in [3.63, 3.8) is 0 Å². The number of aromatic nitrogens is 2. The number of aliphatic hydroxyl groups excluding tert-OH is 1. The Balaban J connectivity index is 1.74. The molecular formula is C24H25F3N2O2. The molecule has 0 aliphatic heterocycles. The average molecular weight is 430 g/mol. The molecule has 164 valence electrons. The van der Waals surface area contributed by atoms with E-state index in [9.17, 15) is 23.1 Å². The van der Waals surface area contributed by atoms with Crippen LogP contribution in [0.3, 0.4) is 0 Å². The lowest BCUT2D eigenvalue weighted by Gasteiger charge is -2.22. The van der Waals surface area contributed by atoms with Gasteiger partial charge in [0, 0.05) is 18.5 Å². The number of alkyl halides is 3. The van der Waals surface area contributed by atoms with E-state index in [2.05, 4.69) is 0 Å². The SMILES string of the molecule is CC1C=CC(c2nc3c(c(=O)n2CCc2cccc(C(F)(F)F)c2)CCCC3)=C(O)C1. The smallest absolute Gasteiger partial charge is 0.416 e. The van der Waals surface area contributed by atoms with E-state index >= 15 is 0 Å². The van der Waals surface area contributed by atoms with Crippen LogP contribution in [-0.4, -0.2) is 14.7 Å². The van der Waals surface area contributed by atoms with Crippen LogP contribution in [0.15, 0.2) is 47.0 Å². The van der Waals surface area contributed by atoms with Gasteiger partial charge < -0.3 is 5.11 Å². The van der Waals surface area contributed by atoms with E-state index in [4.69, 9.17) is 4.98 Å². The summed E-state index contributed by atoms with van der Waals surface area (Å²) < 4.78 is 40.7.